The van der Waals surface area contributed by atoms with E-state index < -0.39 is 11.9 Å². The van der Waals surface area contributed by atoms with Crippen LogP contribution < -0.4 is 31.3 Å². The first kappa shape index (κ1) is 39.3. The molecule has 18 nitrogen and oxygen atoms in total. The average molecular weight is 837 g/mol. The Morgan fingerprint density at radius 2 is 1.63 bits per heavy atom. The highest BCUT2D eigenvalue weighted by atomic mass is 16.2. The lowest BCUT2D eigenvalue weighted by Gasteiger charge is -2.40. The normalized spacial score (nSPS) is 21.2. The Bertz CT molecular complexity index is 2710. The van der Waals surface area contributed by atoms with Crippen LogP contribution >= 0.6 is 0 Å². The zero-order valence-corrected chi connectivity index (χ0v) is 34.5. The number of aryl methyl sites for hydroxylation is 1. The van der Waals surface area contributed by atoms with Crippen molar-refractivity contribution in [2.24, 2.45) is 5.92 Å². The van der Waals surface area contributed by atoms with Crippen molar-refractivity contribution in [2.45, 2.75) is 63.6 Å². The number of nitrogens with one attached hydrogen (secondary N) is 3. The van der Waals surface area contributed by atoms with Gasteiger partial charge in [-0.2, -0.15) is 4.68 Å². The van der Waals surface area contributed by atoms with Crippen LogP contribution in [0.1, 0.15) is 66.8 Å². The van der Waals surface area contributed by atoms with Crippen molar-refractivity contribution in [2.75, 3.05) is 60.9 Å². The lowest BCUT2D eigenvalue weighted by atomic mass is 9.86. The third-order valence-corrected chi connectivity index (χ3v) is 12.9. The summed E-state index contributed by atoms with van der Waals surface area (Å²) in [5, 5.41) is 17.5. The molecular formula is C44H48N14O4. The molecule has 4 fully saturated rings. The lowest BCUT2D eigenvalue weighted by Crippen LogP contribution is -2.49. The van der Waals surface area contributed by atoms with Crippen LogP contribution in [-0.4, -0.2) is 114 Å². The minimum Gasteiger partial charge on any atom is -0.371 e. The fourth-order valence-corrected chi connectivity index (χ4v) is 9.25. The van der Waals surface area contributed by atoms with Crippen LogP contribution in [0.25, 0.3) is 22.1 Å². The summed E-state index contributed by atoms with van der Waals surface area (Å²) in [6.07, 6.45) is 7.48. The average Bonchev–Trinajstić information content (AvgIpc) is 3.70. The topological polar surface area (TPSA) is 201 Å². The van der Waals surface area contributed by atoms with Crippen molar-refractivity contribution >= 4 is 62.7 Å². The predicted octanol–water partition coefficient (Wildman–Crippen LogP) is 3.53. The number of benzene rings is 2. The van der Waals surface area contributed by atoms with Gasteiger partial charge in [0, 0.05) is 87.1 Å². The second-order valence-electron chi connectivity index (χ2n) is 16.9. The van der Waals surface area contributed by atoms with Gasteiger partial charge in [0.2, 0.25) is 5.91 Å². The molecule has 6 aromatic rings. The standard InChI is InChI=1S/C44H48N14O4/c1-27-3-2-4-36(48-27)42(60)50-30-21-33(22-30)57-26-47-39-40(45-25-46-41(39)57)49-29-5-7-31(8-6-29)56-19-17-54(18-20-56)24-28-13-15-55(16-14-28)32-9-10-35-34(23-32)44(62)58(53-52-35)37-11-12-38(59)51-43(37)61/h2-10,23,25-26,28,30,33,37H,11-22,24H2,1H3,(H,50,60)(H,45,46,49)(H,51,59,61). The van der Waals surface area contributed by atoms with E-state index >= 15 is 0 Å². The quantitative estimate of drug-likeness (QED) is 0.169. The Hall–Kier alpha value is -6.82. The van der Waals surface area contributed by atoms with Crippen molar-refractivity contribution in [3.63, 3.8) is 0 Å². The number of fused-ring (bicyclic) bond motifs is 2. The maximum atomic E-state index is 13.4. The number of hydrogen-bond donors (Lipinski definition) is 3. The van der Waals surface area contributed by atoms with Crippen molar-refractivity contribution in [1.29, 1.82) is 0 Å². The molecule has 1 unspecified atom stereocenters. The molecule has 1 atom stereocenters. The van der Waals surface area contributed by atoms with Crippen molar-refractivity contribution < 1.29 is 14.4 Å². The van der Waals surface area contributed by atoms with Gasteiger partial charge < -0.3 is 25.0 Å². The molecule has 3 amide bonds. The van der Waals surface area contributed by atoms with Crippen molar-refractivity contribution in [1.82, 2.24) is 55.0 Å². The lowest BCUT2D eigenvalue weighted by molar-refractivity contribution is -0.136. The molecule has 18 heteroatoms. The molecule has 3 saturated heterocycles. The van der Waals surface area contributed by atoms with E-state index in [1.54, 1.807) is 12.4 Å². The highest BCUT2D eigenvalue weighted by Crippen LogP contribution is 2.36. The van der Waals surface area contributed by atoms with Gasteiger partial charge in [0.25, 0.3) is 17.4 Å². The third kappa shape index (κ3) is 7.92. The Kier molecular flexibility index (Phi) is 10.5. The summed E-state index contributed by atoms with van der Waals surface area (Å²) in [6, 6.07) is 19.0. The van der Waals surface area contributed by atoms with E-state index in [4.69, 9.17) is 0 Å². The minimum atomic E-state index is -0.845. The number of pyridine rings is 1. The number of carbonyl (C=O) groups is 3. The molecule has 4 aliphatic rings. The Balaban J connectivity index is 0.690. The highest BCUT2D eigenvalue weighted by molar-refractivity contribution is 5.99. The van der Waals surface area contributed by atoms with E-state index in [2.05, 4.69) is 89.7 Å². The van der Waals surface area contributed by atoms with Crippen LogP contribution in [0.5, 0.6) is 0 Å². The first-order valence-corrected chi connectivity index (χ1v) is 21.5. The number of aromatic nitrogens is 8. The fraction of sp³-hybridized carbons (Fsp3) is 0.409. The second-order valence-corrected chi connectivity index (χ2v) is 16.9. The van der Waals surface area contributed by atoms with E-state index in [0.29, 0.717) is 33.8 Å². The largest absolute Gasteiger partial charge is 0.371 e. The Labute approximate surface area is 356 Å². The highest BCUT2D eigenvalue weighted by Gasteiger charge is 2.34. The summed E-state index contributed by atoms with van der Waals surface area (Å²) < 4.78 is 3.20. The summed E-state index contributed by atoms with van der Waals surface area (Å²) in [5.41, 5.74) is 5.91. The minimum absolute atomic E-state index is 0.0701. The van der Waals surface area contributed by atoms with Gasteiger partial charge in [-0.3, -0.25) is 29.4 Å². The van der Waals surface area contributed by atoms with Crippen LogP contribution in [0.2, 0.25) is 0 Å². The molecule has 0 bridgehead atoms. The first-order valence-electron chi connectivity index (χ1n) is 21.5. The van der Waals surface area contributed by atoms with Crippen LogP contribution in [0.15, 0.2) is 78.1 Å². The SMILES string of the molecule is Cc1cccc(C(=O)NC2CC(n3cnc4c(Nc5ccc(N6CCN(CC7CCN(c8ccc9nnn(C%10CCC(=O)NC%10=O)c(=O)c9c8)CC7)CC6)cc5)ncnc43)C2)n1. The van der Waals surface area contributed by atoms with E-state index in [9.17, 15) is 19.2 Å². The number of amides is 3. The second kappa shape index (κ2) is 16.6. The zero-order chi connectivity index (χ0) is 42.3. The van der Waals surface area contributed by atoms with Gasteiger partial charge in [-0.25, -0.2) is 19.9 Å². The molecule has 3 aliphatic heterocycles. The van der Waals surface area contributed by atoms with Crippen LogP contribution in [0, 0.1) is 12.8 Å². The Morgan fingerprint density at radius 1 is 0.855 bits per heavy atom. The van der Waals surface area contributed by atoms with Gasteiger partial charge in [0.05, 0.1) is 11.7 Å². The summed E-state index contributed by atoms with van der Waals surface area (Å²) in [4.78, 5) is 75.6. The maximum Gasteiger partial charge on any atom is 0.278 e. The Morgan fingerprint density at radius 3 is 2.40 bits per heavy atom. The number of piperazine rings is 1. The van der Waals surface area contributed by atoms with Crippen molar-refractivity contribution in [3.05, 3.63) is 95.1 Å². The number of anilines is 4. The van der Waals surface area contributed by atoms with Crippen LogP contribution in [-0.2, 0) is 9.59 Å². The zero-order valence-electron chi connectivity index (χ0n) is 34.5. The van der Waals surface area contributed by atoms with Gasteiger partial charge in [0.15, 0.2) is 17.0 Å². The molecule has 0 spiro atoms. The van der Waals surface area contributed by atoms with E-state index in [1.807, 2.05) is 43.6 Å². The summed E-state index contributed by atoms with van der Waals surface area (Å²) in [6.45, 7) is 8.67. The molecule has 10 rings (SSSR count). The number of imidazole rings is 1. The van der Waals surface area contributed by atoms with Crippen LogP contribution in [0.3, 0.4) is 0 Å². The van der Waals surface area contributed by atoms with E-state index in [1.165, 1.54) is 5.69 Å². The summed E-state index contributed by atoms with van der Waals surface area (Å²) >= 11 is 0. The molecule has 4 aromatic heterocycles. The first-order chi connectivity index (χ1) is 30.2. The van der Waals surface area contributed by atoms with Gasteiger partial charge in [-0.15, -0.1) is 5.10 Å². The molecule has 318 valence electrons. The predicted molar refractivity (Wildman–Crippen MR) is 232 cm³/mol. The number of rotatable bonds is 10. The molecule has 1 aliphatic carbocycles. The van der Waals surface area contributed by atoms with E-state index in [-0.39, 0.29) is 42.3 Å². The van der Waals surface area contributed by atoms with Gasteiger partial charge in [-0.1, -0.05) is 11.3 Å². The van der Waals surface area contributed by atoms with Crippen molar-refractivity contribution in [3.8, 4) is 0 Å². The number of hydrogen-bond acceptors (Lipinski definition) is 14. The third-order valence-electron chi connectivity index (χ3n) is 12.9. The number of carbonyl (C=O) groups excluding carboxylic acids is 3. The van der Waals surface area contributed by atoms with Crippen LogP contribution in [0.4, 0.5) is 22.9 Å². The molecule has 0 radical (unpaired) electrons. The fourth-order valence-electron chi connectivity index (χ4n) is 9.25. The molecule has 2 aromatic carbocycles. The number of piperidine rings is 2. The smallest absolute Gasteiger partial charge is 0.278 e. The molecular weight excluding hydrogens is 789 g/mol. The number of imide groups is 1. The molecule has 7 heterocycles. The van der Waals surface area contributed by atoms with Gasteiger partial charge in [0.1, 0.15) is 23.6 Å². The summed E-state index contributed by atoms with van der Waals surface area (Å²) in [5.74, 6) is 0.238. The van der Waals surface area contributed by atoms with E-state index in [0.717, 1.165) is 98.9 Å². The van der Waals surface area contributed by atoms with Gasteiger partial charge in [-0.05, 0) is 99.5 Å². The summed E-state index contributed by atoms with van der Waals surface area (Å²) in [7, 11) is 0. The monoisotopic (exact) mass is 836 g/mol. The number of nitrogens with zero attached hydrogens (tertiary/aromatic N) is 11. The molecule has 1 saturated carbocycles. The molecule has 62 heavy (non-hydrogen) atoms. The molecule has 3 N–H and O–H groups in total. The van der Waals surface area contributed by atoms with Gasteiger partial charge >= 0.3 is 0 Å². The maximum absolute atomic E-state index is 13.4.